The second-order valence-corrected chi connectivity index (χ2v) is 14.0. The van der Waals surface area contributed by atoms with Gasteiger partial charge in [-0.3, -0.25) is 19.2 Å². The molecule has 15 heteroatoms. The van der Waals surface area contributed by atoms with Gasteiger partial charge in [-0.05, 0) is 63.1 Å². The fourth-order valence-corrected chi connectivity index (χ4v) is 7.68. The van der Waals surface area contributed by atoms with Gasteiger partial charge in [0.25, 0.3) is 5.91 Å². The molecule has 2 saturated heterocycles. The van der Waals surface area contributed by atoms with Crippen LogP contribution in [0.4, 0.5) is 0 Å². The Kier molecular flexibility index (Phi) is 9.94. The molecular weight excluding hydrogens is 646 g/mol. The largest absolute Gasteiger partial charge is 0.476 e. The van der Waals surface area contributed by atoms with Gasteiger partial charge in [-0.15, -0.1) is 11.3 Å². The topological polar surface area (TPSA) is 169 Å². The molecule has 3 atom stereocenters. The number of carbonyl (C=O) groups is 3. The van der Waals surface area contributed by atoms with Crippen molar-refractivity contribution >= 4 is 51.6 Å². The van der Waals surface area contributed by atoms with Crippen LogP contribution in [0.5, 0.6) is 0 Å². The van der Waals surface area contributed by atoms with E-state index in [9.17, 15) is 19.5 Å². The van der Waals surface area contributed by atoms with E-state index in [0.29, 0.717) is 77.7 Å². The summed E-state index contributed by atoms with van der Waals surface area (Å²) in [4.78, 5) is 43.8. The minimum absolute atomic E-state index is 0.0333. The number of nitrogens with two attached hydrogens (primary N) is 1. The Morgan fingerprint density at radius 1 is 1.13 bits per heavy atom. The Labute approximate surface area is 280 Å². The van der Waals surface area contributed by atoms with E-state index in [1.54, 1.807) is 30.3 Å². The van der Waals surface area contributed by atoms with Crippen molar-refractivity contribution in [1.82, 2.24) is 30.1 Å². The van der Waals surface area contributed by atoms with Crippen LogP contribution < -0.4 is 11.1 Å². The summed E-state index contributed by atoms with van der Waals surface area (Å²) in [6, 6.07) is 10.4. The summed E-state index contributed by atoms with van der Waals surface area (Å²) < 4.78 is 13.2. The highest BCUT2D eigenvalue weighted by Crippen LogP contribution is 2.33. The van der Waals surface area contributed by atoms with Gasteiger partial charge >= 0.3 is 5.97 Å². The molecule has 4 aromatic rings. The second-order valence-electron chi connectivity index (χ2n) is 12.3. The Morgan fingerprint density at radius 2 is 1.91 bits per heavy atom. The van der Waals surface area contributed by atoms with E-state index in [4.69, 9.17) is 26.6 Å². The number of aromatic carboxylic acids is 1. The SMILES string of the molecule is CC(C)N1CCC(C(CNC(=O)c2ccc3c(c2)c(C(=O)O)nn3Cc2cc(-c3ccc(Cl)s3)on2)N2CCOCC2)C(C(N)=O)C1. The molecule has 2 amide bonds. The van der Waals surface area contributed by atoms with Gasteiger partial charge in [0.15, 0.2) is 11.5 Å². The molecule has 0 bridgehead atoms. The van der Waals surface area contributed by atoms with E-state index in [1.165, 1.54) is 16.0 Å². The summed E-state index contributed by atoms with van der Waals surface area (Å²) in [6.45, 7) is 8.66. The number of halogens is 1. The van der Waals surface area contributed by atoms with Crippen LogP contribution in [-0.2, 0) is 16.1 Å². The molecule has 2 aliphatic heterocycles. The Balaban J connectivity index is 1.21. The Bertz CT molecular complexity index is 1760. The van der Waals surface area contributed by atoms with Crippen molar-refractivity contribution in [3.05, 3.63) is 57.7 Å². The van der Waals surface area contributed by atoms with Gasteiger partial charge in [0.1, 0.15) is 5.69 Å². The number of aromatic nitrogens is 3. The Morgan fingerprint density at radius 3 is 2.60 bits per heavy atom. The molecule has 3 unspecified atom stereocenters. The molecule has 3 aromatic heterocycles. The molecule has 6 rings (SSSR count). The van der Waals surface area contributed by atoms with Crippen LogP contribution >= 0.6 is 22.9 Å². The number of morpholine rings is 1. The zero-order chi connectivity index (χ0) is 33.2. The van der Waals surface area contributed by atoms with Gasteiger partial charge in [-0.1, -0.05) is 16.8 Å². The third-order valence-electron chi connectivity index (χ3n) is 9.18. The average Bonchev–Trinajstić information content (AvgIpc) is 3.80. The lowest BCUT2D eigenvalue weighted by Crippen LogP contribution is -2.59. The van der Waals surface area contributed by atoms with E-state index >= 15 is 0 Å². The number of nitrogens with one attached hydrogen (secondary N) is 1. The van der Waals surface area contributed by atoms with E-state index in [0.717, 1.165) is 17.8 Å². The predicted octanol–water partition coefficient (Wildman–Crippen LogP) is 3.42. The van der Waals surface area contributed by atoms with E-state index in [2.05, 4.69) is 39.2 Å². The molecule has 13 nitrogen and oxygen atoms in total. The van der Waals surface area contributed by atoms with E-state index < -0.39 is 5.97 Å². The smallest absolute Gasteiger partial charge is 0.357 e. The molecule has 4 N–H and O–H groups in total. The van der Waals surface area contributed by atoms with Crippen molar-refractivity contribution in [2.24, 2.45) is 17.6 Å². The van der Waals surface area contributed by atoms with E-state index in [-0.39, 0.29) is 41.9 Å². The number of carboxylic acids is 1. The molecule has 0 aliphatic carbocycles. The maximum atomic E-state index is 13.6. The molecule has 47 heavy (non-hydrogen) atoms. The number of rotatable bonds is 11. The third kappa shape index (κ3) is 7.21. The van der Waals surface area contributed by atoms with Gasteiger partial charge in [0.2, 0.25) is 5.91 Å². The zero-order valence-corrected chi connectivity index (χ0v) is 27.8. The van der Waals surface area contributed by atoms with Crippen LogP contribution in [-0.4, -0.2) is 106 Å². The monoisotopic (exact) mass is 683 g/mol. The number of thiophene rings is 1. The highest BCUT2D eigenvalue weighted by atomic mass is 35.5. The standard InChI is InChI=1S/C32H38ClN7O6S/c1-18(2)39-8-7-21(23(17-39)30(34)41)25(38-9-11-45-12-10-38)15-35-31(42)19-3-4-24-22(13-19)29(32(43)44)36-40(24)16-20-14-26(46-37-20)27-5-6-28(33)47-27/h3-6,13-14,18,21,23,25H,7-12,15-17H2,1-2H3,(H2,34,41)(H,35,42)(H,43,44). The molecule has 0 radical (unpaired) electrons. The van der Waals surface area contributed by atoms with Crippen molar-refractivity contribution in [2.45, 2.75) is 38.9 Å². The maximum absolute atomic E-state index is 13.6. The number of carboxylic acid groups (broad SMARTS) is 1. The minimum Gasteiger partial charge on any atom is -0.476 e. The van der Waals surface area contributed by atoms with Crippen molar-refractivity contribution < 1.29 is 28.8 Å². The summed E-state index contributed by atoms with van der Waals surface area (Å²) >= 11 is 7.41. The number of carbonyl (C=O) groups excluding carboxylic acids is 2. The molecule has 2 aliphatic rings. The first-order chi connectivity index (χ1) is 22.6. The van der Waals surface area contributed by atoms with Crippen molar-refractivity contribution in [2.75, 3.05) is 45.9 Å². The molecule has 5 heterocycles. The molecule has 250 valence electrons. The van der Waals surface area contributed by atoms with E-state index in [1.807, 2.05) is 6.07 Å². The van der Waals surface area contributed by atoms with Crippen molar-refractivity contribution in [3.63, 3.8) is 0 Å². The molecule has 0 spiro atoms. The summed E-state index contributed by atoms with van der Waals surface area (Å²) in [5.74, 6) is -1.72. The molecular formula is C32H38ClN7O6S. The minimum atomic E-state index is -1.21. The summed E-state index contributed by atoms with van der Waals surface area (Å²) in [5, 5.41) is 21.8. The third-order valence-corrected chi connectivity index (χ3v) is 10.4. The van der Waals surface area contributed by atoms with Gasteiger partial charge in [-0.25, -0.2) is 4.79 Å². The van der Waals surface area contributed by atoms with Crippen LogP contribution in [0.3, 0.4) is 0 Å². The highest BCUT2D eigenvalue weighted by Gasteiger charge is 2.41. The number of benzene rings is 1. The number of amides is 2. The first-order valence-electron chi connectivity index (χ1n) is 15.7. The Hall–Kier alpha value is -3.82. The summed E-state index contributed by atoms with van der Waals surface area (Å²) in [7, 11) is 0. The number of piperidine rings is 1. The lowest BCUT2D eigenvalue weighted by Gasteiger charge is -2.46. The van der Waals surface area contributed by atoms with Gasteiger partial charge in [-0.2, -0.15) is 5.10 Å². The van der Waals surface area contributed by atoms with Crippen LogP contribution in [0, 0.1) is 11.8 Å². The number of hydrogen-bond acceptors (Lipinski definition) is 10. The second kappa shape index (κ2) is 14.1. The van der Waals surface area contributed by atoms with Crippen molar-refractivity contribution in [1.29, 1.82) is 0 Å². The van der Waals surface area contributed by atoms with Crippen LogP contribution in [0.15, 0.2) is 40.9 Å². The van der Waals surface area contributed by atoms with Crippen molar-refractivity contribution in [3.8, 4) is 10.6 Å². The normalized spacial score (nSPS) is 20.1. The maximum Gasteiger partial charge on any atom is 0.357 e. The fraction of sp³-hybridized carbons (Fsp3) is 0.469. The van der Waals surface area contributed by atoms with Crippen LogP contribution in [0.2, 0.25) is 4.34 Å². The molecule has 1 aromatic carbocycles. The molecule has 0 saturated carbocycles. The van der Waals surface area contributed by atoms with Crippen LogP contribution in [0.1, 0.15) is 46.8 Å². The fourth-order valence-electron chi connectivity index (χ4n) is 6.69. The summed E-state index contributed by atoms with van der Waals surface area (Å²) in [6.07, 6.45) is 0.783. The van der Waals surface area contributed by atoms with Gasteiger partial charge in [0.05, 0.1) is 40.4 Å². The zero-order valence-electron chi connectivity index (χ0n) is 26.2. The quantitative estimate of drug-likeness (QED) is 0.213. The number of fused-ring (bicyclic) bond motifs is 1. The number of hydrogen-bond donors (Lipinski definition) is 3. The average molecular weight is 684 g/mol. The number of primary amides is 1. The first-order valence-corrected chi connectivity index (χ1v) is 16.9. The lowest BCUT2D eigenvalue weighted by atomic mass is 9.78. The molecule has 2 fully saturated rings. The highest BCUT2D eigenvalue weighted by molar-refractivity contribution is 7.19. The van der Waals surface area contributed by atoms with Gasteiger partial charge in [0, 0.05) is 55.3 Å². The van der Waals surface area contributed by atoms with Crippen LogP contribution in [0.25, 0.3) is 21.5 Å². The predicted molar refractivity (Wildman–Crippen MR) is 177 cm³/mol. The number of likely N-dealkylation sites (tertiary alicyclic amines) is 1. The lowest BCUT2D eigenvalue weighted by molar-refractivity contribution is -0.128. The van der Waals surface area contributed by atoms with Gasteiger partial charge < -0.3 is 30.3 Å². The first kappa shape index (κ1) is 33.1. The number of ether oxygens (including phenoxy) is 1. The number of nitrogens with zero attached hydrogens (tertiary/aromatic N) is 5. The summed E-state index contributed by atoms with van der Waals surface area (Å²) in [5.41, 5.74) is 7.16.